The Morgan fingerprint density at radius 1 is 0.958 bits per heavy atom. The van der Waals surface area contributed by atoms with Gasteiger partial charge in [-0.05, 0) is 42.2 Å². The van der Waals surface area contributed by atoms with Crippen molar-refractivity contribution in [1.82, 2.24) is 0 Å². The predicted octanol–water partition coefficient (Wildman–Crippen LogP) is 4.70. The second-order valence-corrected chi connectivity index (χ2v) is 5.89. The zero-order valence-corrected chi connectivity index (χ0v) is 14.2. The van der Waals surface area contributed by atoms with E-state index in [2.05, 4.69) is 0 Å². The number of rotatable bonds is 6. The van der Waals surface area contributed by atoms with E-state index in [-0.39, 0.29) is 23.6 Å². The minimum atomic E-state index is -0.936. The third-order valence-corrected chi connectivity index (χ3v) is 4.15. The van der Waals surface area contributed by atoms with Gasteiger partial charge in [-0.3, -0.25) is 4.79 Å². The van der Waals surface area contributed by atoms with Crippen LogP contribution in [-0.4, -0.2) is 17.0 Å². The van der Waals surface area contributed by atoms with Crippen LogP contribution in [0.25, 0.3) is 11.1 Å². The summed E-state index contributed by atoms with van der Waals surface area (Å²) in [6.07, 6.45) is 0.464. The molecule has 0 amide bonds. The fourth-order valence-corrected chi connectivity index (χ4v) is 2.28. The summed E-state index contributed by atoms with van der Waals surface area (Å²) in [6.45, 7) is 5.68. The summed E-state index contributed by atoms with van der Waals surface area (Å²) in [4.78, 5) is 22.7. The highest BCUT2D eigenvalue weighted by Crippen LogP contribution is 2.24. The zero-order valence-electron chi connectivity index (χ0n) is 14.2. The number of aromatic carboxylic acids is 1. The molecule has 4 heteroatoms. The van der Waals surface area contributed by atoms with E-state index in [0.29, 0.717) is 0 Å². The summed E-state index contributed by atoms with van der Waals surface area (Å²) in [5.74, 6) is -1.22. The van der Waals surface area contributed by atoms with Gasteiger partial charge in [-0.2, -0.15) is 0 Å². The van der Waals surface area contributed by atoms with Crippen molar-refractivity contribution in [3.05, 3.63) is 59.7 Å². The zero-order chi connectivity index (χ0) is 17.7. The number of carboxylic acids is 1. The monoisotopic (exact) mass is 326 g/mol. The van der Waals surface area contributed by atoms with Crippen LogP contribution < -0.4 is 0 Å². The number of carbonyl (C=O) groups excluding carboxylic acids is 1. The van der Waals surface area contributed by atoms with Crippen LogP contribution in [0, 0.1) is 5.92 Å². The van der Waals surface area contributed by atoms with E-state index in [9.17, 15) is 9.59 Å². The van der Waals surface area contributed by atoms with Crippen molar-refractivity contribution in [1.29, 1.82) is 0 Å². The lowest BCUT2D eigenvalue weighted by Crippen LogP contribution is -2.16. The lowest BCUT2D eigenvalue weighted by Gasteiger charge is -2.16. The molecular weight excluding hydrogens is 304 g/mol. The molecule has 0 aliphatic carbocycles. The number of carbonyl (C=O) groups is 2. The van der Waals surface area contributed by atoms with Crippen LogP contribution in [0.1, 0.15) is 49.2 Å². The van der Waals surface area contributed by atoms with Crippen molar-refractivity contribution in [2.24, 2.45) is 5.92 Å². The minimum Gasteiger partial charge on any atom is -0.478 e. The molecule has 2 unspecified atom stereocenters. The van der Waals surface area contributed by atoms with Gasteiger partial charge in [0.2, 0.25) is 0 Å². The second kappa shape index (κ2) is 7.77. The van der Waals surface area contributed by atoms with E-state index in [1.54, 1.807) is 24.3 Å². The molecule has 4 nitrogen and oxygen atoms in total. The van der Waals surface area contributed by atoms with Crippen LogP contribution in [-0.2, 0) is 9.53 Å². The maximum atomic E-state index is 11.9. The van der Waals surface area contributed by atoms with Crippen molar-refractivity contribution in [3.8, 4) is 11.1 Å². The Bertz CT molecular complexity index is 701. The molecule has 0 radical (unpaired) electrons. The van der Waals surface area contributed by atoms with Gasteiger partial charge in [0.15, 0.2) is 0 Å². The number of ether oxygens (including phenoxy) is 1. The summed E-state index contributed by atoms with van der Waals surface area (Å²) < 4.78 is 5.47. The van der Waals surface area contributed by atoms with E-state index in [1.165, 1.54) is 0 Å². The third-order valence-electron chi connectivity index (χ3n) is 4.15. The van der Waals surface area contributed by atoms with E-state index in [1.807, 2.05) is 45.0 Å². The molecule has 0 bridgehead atoms. The van der Waals surface area contributed by atoms with Gasteiger partial charge >= 0.3 is 11.9 Å². The molecule has 2 aromatic carbocycles. The summed E-state index contributed by atoms with van der Waals surface area (Å²) in [5, 5.41) is 8.93. The van der Waals surface area contributed by atoms with E-state index < -0.39 is 5.97 Å². The van der Waals surface area contributed by atoms with Gasteiger partial charge in [-0.25, -0.2) is 4.79 Å². The molecule has 0 spiro atoms. The average molecular weight is 326 g/mol. The molecule has 2 atom stereocenters. The third kappa shape index (κ3) is 4.22. The minimum absolute atomic E-state index is 0.0977. The van der Waals surface area contributed by atoms with Crippen molar-refractivity contribution >= 4 is 11.9 Å². The van der Waals surface area contributed by atoms with E-state index in [0.717, 1.165) is 23.1 Å². The molecule has 0 heterocycles. The SMILES string of the molecule is CCC(C)C(=O)OC(C)c1ccc(-c2ccc(C(=O)O)cc2)cc1. The topological polar surface area (TPSA) is 63.6 Å². The standard InChI is InChI=1S/C20H22O4/c1-4-13(2)20(23)24-14(3)15-5-7-16(8-6-15)17-9-11-18(12-10-17)19(21)22/h5-14H,4H2,1-3H3,(H,21,22). The molecule has 0 aliphatic rings. The van der Waals surface area contributed by atoms with Gasteiger partial charge in [-0.1, -0.05) is 50.2 Å². The fourth-order valence-electron chi connectivity index (χ4n) is 2.28. The quantitative estimate of drug-likeness (QED) is 0.781. The van der Waals surface area contributed by atoms with Crippen LogP contribution >= 0.6 is 0 Å². The Hall–Kier alpha value is -2.62. The molecule has 1 N–H and O–H groups in total. The Morgan fingerprint density at radius 3 is 1.92 bits per heavy atom. The first-order valence-corrected chi connectivity index (χ1v) is 8.06. The maximum Gasteiger partial charge on any atom is 0.335 e. The van der Waals surface area contributed by atoms with Crippen LogP contribution in [0.2, 0.25) is 0 Å². The van der Waals surface area contributed by atoms with Crippen molar-refractivity contribution in [2.45, 2.75) is 33.3 Å². The Labute approximate surface area is 142 Å². The number of hydrogen-bond donors (Lipinski definition) is 1. The number of carboxylic acid groups (broad SMARTS) is 1. The lowest BCUT2D eigenvalue weighted by atomic mass is 10.0. The van der Waals surface area contributed by atoms with Gasteiger partial charge in [0.05, 0.1) is 11.5 Å². The van der Waals surface area contributed by atoms with Crippen LogP contribution in [0.15, 0.2) is 48.5 Å². The number of benzene rings is 2. The predicted molar refractivity (Wildman–Crippen MR) is 92.8 cm³/mol. The highest BCUT2D eigenvalue weighted by molar-refractivity contribution is 5.88. The molecule has 0 saturated carbocycles. The second-order valence-electron chi connectivity index (χ2n) is 5.89. The maximum absolute atomic E-state index is 11.9. The summed E-state index contributed by atoms with van der Waals surface area (Å²) in [7, 11) is 0. The lowest BCUT2D eigenvalue weighted by molar-refractivity contribution is -0.153. The summed E-state index contributed by atoms with van der Waals surface area (Å²) in [5.41, 5.74) is 3.12. The largest absolute Gasteiger partial charge is 0.478 e. The van der Waals surface area contributed by atoms with Gasteiger partial charge in [0.25, 0.3) is 0 Å². The number of hydrogen-bond acceptors (Lipinski definition) is 3. The molecule has 0 saturated heterocycles. The van der Waals surface area contributed by atoms with Crippen molar-refractivity contribution in [3.63, 3.8) is 0 Å². The smallest absolute Gasteiger partial charge is 0.335 e. The van der Waals surface area contributed by atoms with Crippen LogP contribution in [0.3, 0.4) is 0 Å². The summed E-state index contributed by atoms with van der Waals surface area (Å²) in [6, 6.07) is 14.5. The van der Waals surface area contributed by atoms with E-state index >= 15 is 0 Å². The van der Waals surface area contributed by atoms with Crippen molar-refractivity contribution in [2.75, 3.05) is 0 Å². The first kappa shape index (κ1) is 17.7. The molecule has 2 rings (SSSR count). The molecule has 2 aromatic rings. The van der Waals surface area contributed by atoms with Crippen LogP contribution in [0.5, 0.6) is 0 Å². The molecule has 126 valence electrons. The van der Waals surface area contributed by atoms with Gasteiger partial charge in [0, 0.05) is 0 Å². The van der Waals surface area contributed by atoms with E-state index in [4.69, 9.17) is 9.84 Å². The molecule has 24 heavy (non-hydrogen) atoms. The molecule has 0 aromatic heterocycles. The van der Waals surface area contributed by atoms with Crippen LogP contribution in [0.4, 0.5) is 0 Å². The normalized spacial score (nSPS) is 13.1. The van der Waals surface area contributed by atoms with Gasteiger partial charge in [-0.15, -0.1) is 0 Å². The Morgan fingerprint density at radius 2 is 1.46 bits per heavy atom. The van der Waals surface area contributed by atoms with Gasteiger partial charge in [0.1, 0.15) is 6.10 Å². The molecule has 0 aliphatic heterocycles. The first-order valence-electron chi connectivity index (χ1n) is 8.06. The van der Waals surface area contributed by atoms with Crippen molar-refractivity contribution < 1.29 is 19.4 Å². The summed E-state index contributed by atoms with van der Waals surface area (Å²) >= 11 is 0. The Kier molecular flexibility index (Phi) is 5.74. The first-order chi connectivity index (χ1) is 11.4. The molecule has 0 fully saturated rings. The Balaban J connectivity index is 2.09. The average Bonchev–Trinajstić information content (AvgIpc) is 2.61. The number of esters is 1. The highest BCUT2D eigenvalue weighted by Gasteiger charge is 2.16. The highest BCUT2D eigenvalue weighted by atomic mass is 16.5. The van der Waals surface area contributed by atoms with Gasteiger partial charge < -0.3 is 9.84 Å². The fraction of sp³-hybridized carbons (Fsp3) is 0.300. The molecular formula is C20H22O4.